The Labute approximate surface area is 118 Å². The van der Waals surface area contributed by atoms with E-state index >= 15 is 0 Å². The molecular weight excluding hydrogens is 240 g/mol. The standard InChI is InChI=1S/C20H14/c1-3-7-17-13(5-1)9-15-11-16-10-14-6-2-4-8-18(14)20(16)12-19(15)17/h1-8,11-12H,9-10H2. The highest BCUT2D eigenvalue weighted by atomic mass is 14.3. The minimum Gasteiger partial charge on any atom is -0.0619 e. The molecule has 0 aliphatic heterocycles. The molecule has 0 amide bonds. The summed E-state index contributed by atoms with van der Waals surface area (Å²) in [4.78, 5) is 0. The molecule has 0 fully saturated rings. The summed E-state index contributed by atoms with van der Waals surface area (Å²) in [7, 11) is 0. The largest absolute Gasteiger partial charge is 0.0619 e. The van der Waals surface area contributed by atoms with Gasteiger partial charge in [0.05, 0.1) is 0 Å². The lowest BCUT2D eigenvalue weighted by Crippen LogP contribution is -1.86. The Kier molecular flexibility index (Phi) is 1.88. The number of hydrogen-bond donors (Lipinski definition) is 0. The smallest absolute Gasteiger partial charge is 0.00133 e. The van der Waals surface area contributed by atoms with Gasteiger partial charge in [0.15, 0.2) is 0 Å². The maximum atomic E-state index is 2.44. The van der Waals surface area contributed by atoms with Crippen molar-refractivity contribution >= 4 is 0 Å². The molecule has 0 nitrogen and oxygen atoms in total. The Balaban J connectivity index is 1.79. The van der Waals surface area contributed by atoms with Gasteiger partial charge >= 0.3 is 0 Å². The van der Waals surface area contributed by atoms with Crippen LogP contribution in [-0.4, -0.2) is 0 Å². The van der Waals surface area contributed by atoms with Crippen LogP contribution in [0.5, 0.6) is 0 Å². The van der Waals surface area contributed by atoms with E-state index in [2.05, 4.69) is 60.7 Å². The van der Waals surface area contributed by atoms with Crippen LogP contribution >= 0.6 is 0 Å². The first kappa shape index (κ1) is 10.4. The van der Waals surface area contributed by atoms with Gasteiger partial charge in [0.1, 0.15) is 0 Å². The molecule has 5 rings (SSSR count). The quantitative estimate of drug-likeness (QED) is 0.371. The highest BCUT2D eigenvalue weighted by Crippen LogP contribution is 2.44. The van der Waals surface area contributed by atoms with Gasteiger partial charge in [-0.2, -0.15) is 0 Å². The Bertz CT molecular complexity index is 787. The molecule has 3 aromatic carbocycles. The van der Waals surface area contributed by atoms with Crippen LogP contribution < -0.4 is 0 Å². The third-order valence-corrected chi connectivity index (χ3v) is 4.71. The zero-order chi connectivity index (χ0) is 13.1. The van der Waals surface area contributed by atoms with E-state index in [4.69, 9.17) is 0 Å². The van der Waals surface area contributed by atoms with Crippen molar-refractivity contribution in [3.05, 3.63) is 82.9 Å². The molecule has 94 valence electrons. The van der Waals surface area contributed by atoms with Crippen molar-refractivity contribution in [1.82, 2.24) is 0 Å². The Morgan fingerprint density at radius 3 is 1.50 bits per heavy atom. The van der Waals surface area contributed by atoms with Crippen LogP contribution in [0.2, 0.25) is 0 Å². The Hall–Kier alpha value is -2.34. The second-order valence-electron chi connectivity index (χ2n) is 5.83. The molecule has 2 aliphatic rings. The molecule has 0 spiro atoms. The number of hydrogen-bond acceptors (Lipinski definition) is 0. The van der Waals surface area contributed by atoms with E-state index in [-0.39, 0.29) is 0 Å². The average Bonchev–Trinajstić information content (AvgIpc) is 3.02. The zero-order valence-corrected chi connectivity index (χ0v) is 11.2. The molecule has 3 aromatic rings. The first-order valence-corrected chi connectivity index (χ1v) is 7.22. The molecular formula is C20H14. The van der Waals surface area contributed by atoms with Crippen LogP contribution in [-0.2, 0) is 12.8 Å². The van der Waals surface area contributed by atoms with E-state index in [0.29, 0.717) is 0 Å². The third-order valence-electron chi connectivity index (χ3n) is 4.71. The van der Waals surface area contributed by atoms with E-state index in [1.807, 2.05) is 0 Å². The lowest BCUT2D eigenvalue weighted by atomic mass is 9.98. The summed E-state index contributed by atoms with van der Waals surface area (Å²) >= 11 is 0. The van der Waals surface area contributed by atoms with Crippen molar-refractivity contribution in [2.24, 2.45) is 0 Å². The van der Waals surface area contributed by atoms with E-state index in [0.717, 1.165) is 12.8 Å². The summed E-state index contributed by atoms with van der Waals surface area (Å²) in [6.07, 6.45) is 2.18. The van der Waals surface area contributed by atoms with Crippen molar-refractivity contribution < 1.29 is 0 Å². The van der Waals surface area contributed by atoms with E-state index in [9.17, 15) is 0 Å². The fourth-order valence-electron chi connectivity index (χ4n) is 3.77. The summed E-state index contributed by atoms with van der Waals surface area (Å²) in [5.41, 5.74) is 11.7. The molecule has 0 bridgehead atoms. The lowest BCUT2D eigenvalue weighted by molar-refractivity contribution is 1.21. The number of rotatable bonds is 0. The van der Waals surface area contributed by atoms with Gasteiger partial charge in [0, 0.05) is 0 Å². The van der Waals surface area contributed by atoms with Crippen molar-refractivity contribution in [2.75, 3.05) is 0 Å². The van der Waals surface area contributed by atoms with Crippen molar-refractivity contribution in [3.63, 3.8) is 0 Å². The summed E-state index contributed by atoms with van der Waals surface area (Å²) in [5, 5.41) is 0. The summed E-state index contributed by atoms with van der Waals surface area (Å²) < 4.78 is 0. The average molecular weight is 254 g/mol. The van der Waals surface area contributed by atoms with Crippen LogP contribution in [0.1, 0.15) is 22.3 Å². The molecule has 0 heteroatoms. The molecule has 0 radical (unpaired) electrons. The maximum Gasteiger partial charge on any atom is -0.00133 e. The third kappa shape index (κ3) is 1.26. The van der Waals surface area contributed by atoms with Gasteiger partial charge in [-0.1, -0.05) is 54.6 Å². The molecule has 0 atom stereocenters. The van der Waals surface area contributed by atoms with Crippen LogP contribution in [0, 0.1) is 0 Å². The second-order valence-corrected chi connectivity index (χ2v) is 5.83. The first-order valence-electron chi connectivity index (χ1n) is 7.22. The van der Waals surface area contributed by atoms with Crippen LogP contribution in [0.3, 0.4) is 0 Å². The van der Waals surface area contributed by atoms with E-state index in [1.54, 1.807) is 0 Å². The molecule has 0 heterocycles. The number of benzene rings is 3. The van der Waals surface area contributed by atoms with E-state index < -0.39 is 0 Å². The fourth-order valence-corrected chi connectivity index (χ4v) is 3.77. The van der Waals surface area contributed by atoms with E-state index in [1.165, 1.54) is 44.5 Å². The monoisotopic (exact) mass is 254 g/mol. The summed E-state index contributed by atoms with van der Waals surface area (Å²) in [5.74, 6) is 0. The fraction of sp³-hybridized carbons (Fsp3) is 0.100. The van der Waals surface area contributed by atoms with Crippen LogP contribution in [0.4, 0.5) is 0 Å². The first-order chi connectivity index (χ1) is 9.90. The second kappa shape index (κ2) is 3.61. The molecule has 0 N–H and O–H groups in total. The van der Waals surface area contributed by atoms with Crippen molar-refractivity contribution in [2.45, 2.75) is 12.8 Å². The van der Waals surface area contributed by atoms with Crippen LogP contribution in [0.25, 0.3) is 22.3 Å². The van der Waals surface area contributed by atoms with Gasteiger partial charge in [-0.25, -0.2) is 0 Å². The van der Waals surface area contributed by atoms with Crippen LogP contribution in [0.15, 0.2) is 60.7 Å². The maximum absolute atomic E-state index is 2.44. The molecule has 20 heavy (non-hydrogen) atoms. The molecule has 2 aliphatic carbocycles. The highest BCUT2D eigenvalue weighted by Gasteiger charge is 2.24. The topological polar surface area (TPSA) is 0 Å². The lowest BCUT2D eigenvalue weighted by Gasteiger charge is -2.06. The van der Waals surface area contributed by atoms with Gasteiger partial charge in [-0.05, 0) is 63.4 Å². The van der Waals surface area contributed by atoms with Crippen molar-refractivity contribution in [3.8, 4) is 22.3 Å². The molecule has 0 saturated carbocycles. The number of fused-ring (bicyclic) bond motifs is 6. The summed E-state index contributed by atoms with van der Waals surface area (Å²) in [6, 6.07) is 22.5. The van der Waals surface area contributed by atoms with Gasteiger partial charge < -0.3 is 0 Å². The van der Waals surface area contributed by atoms with Gasteiger partial charge in [-0.15, -0.1) is 0 Å². The summed E-state index contributed by atoms with van der Waals surface area (Å²) in [6.45, 7) is 0. The SMILES string of the molecule is c1ccc2c(c1)Cc1cc3c(cc1-2)-c1ccccc1C3. The minimum atomic E-state index is 1.09. The molecule has 0 aromatic heterocycles. The molecule has 0 saturated heterocycles. The predicted octanol–water partition coefficient (Wildman–Crippen LogP) is 4.83. The van der Waals surface area contributed by atoms with Crippen molar-refractivity contribution in [1.29, 1.82) is 0 Å². The normalized spacial score (nSPS) is 13.6. The zero-order valence-electron chi connectivity index (χ0n) is 11.2. The molecule has 0 unspecified atom stereocenters. The Morgan fingerprint density at radius 2 is 0.950 bits per heavy atom. The van der Waals surface area contributed by atoms with Gasteiger partial charge in [0.2, 0.25) is 0 Å². The highest BCUT2D eigenvalue weighted by molar-refractivity contribution is 5.86. The predicted molar refractivity (Wildman–Crippen MR) is 82.9 cm³/mol. The Morgan fingerprint density at radius 1 is 0.450 bits per heavy atom. The van der Waals surface area contributed by atoms with Gasteiger partial charge in [0.25, 0.3) is 0 Å². The van der Waals surface area contributed by atoms with Gasteiger partial charge in [-0.3, -0.25) is 0 Å². The minimum absolute atomic E-state index is 1.09.